The summed E-state index contributed by atoms with van der Waals surface area (Å²) in [5, 5.41) is 4.10. The van der Waals surface area contributed by atoms with Crippen molar-refractivity contribution in [2.75, 3.05) is 18.5 Å². The van der Waals surface area contributed by atoms with Crippen LogP contribution in [0, 0.1) is 5.92 Å². The van der Waals surface area contributed by atoms with Gasteiger partial charge in [0.1, 0.15) is 0 Å². The van der Waals surface area contributed by atoms with E-state index in [4.69, 9.17) is 0 Å². The van der Waals surface area contributed by atoms with Crippen molar-refractivity contribution in [3.05, 3.63) is 35.7 Å². The number of aryl methyl sites for hydroxylation is 1. The lowest BCUT2D eigenvalue weighted by atomic mass is 9.89. The lowest BCUT2D eigenvalue weighted by molar-refractivity contribution is 0.152. The molecule has 1 aromatic carbocycles. The number of hydrogen-bond acceptors (Lipinski definition) is 2. The molecule has 1 aromatic heterocycles. The van der Waals surface area contributed by atoms with Gasteiger partial charge in [0.15, 0.2) is 0 Å². The second kappa shape index (κ2) is 5.13. The van der Waals surface area contributed by atoms with Crippen molar-refractivity contribution >= 4 is 5.69 Å². The minimum absolute atomic E-state index is 0.0863. The number of fused-ring (bicyclic) bond motifs is 1. The van der Waals surface area contributed by atoms with Gasteiger partial charge in [-0.25, -0.2) is 8.78 Å². The summed E-state index contributed by atoms with van der Waals surface area (Å²) in [6.45, 7) is 3.09. The van der Waals surface area contributed by atoms with Gasteiger partial charge in [0, 0.05) is 43.7 Å². The molecule has 0 saturated heterocycles. The zero-order chi connectivity index (χ0) is 15.1. The van der Waals surface area contributed by atoms with Crippen molar-refractivity contribution in [2.45, 2.75) is 19.8 Å². The first-order chi connectivity index (χ1) is 9.95. The zero-order valence-corrected chi connectivity index (χ0v) is 12.5. The lowest BCUT2D eigenvalue weighted by Gasteiger charge is -2.32. The molecule has 3 rings (SSSR count). The number of rotatable bonds is 2. The fourth-order valence-electron chi connectivity index (χ4n) is 3.16. The number of nitrogens with zero attached hydrogens (tertiary/aromatic N) is 3. The van der Waals surface area contributed by atoms with Gasteiger partial charge in [-0.2, -0.15) is 5.10 Å². The summed E-state index contributed by atoms with van der Waals surface area (Å²) >= 11 is 0. The predicted octanol–water partition coefficient (Wildman–Crippen LogP) is 3.65. The molecule has 0 saturated carbocycles. The average molecular weight is 291 g/mol. The first kappa shape index (κ1) is 14.0. The third kappa shape index (κ3) is 2.52. The first-order valence-corrected chi connectivity index (χ1v) is 7.11. The van der Waals surface area contributed by atoms with Gasteiger partial charge in [0.2, 0.25) is 0 Å². The highest BCUT2D eigenvalue weighted by Crippen LogP contribution is 2.39. The second-order valence-electron chi connectivity index (χ2n) is 5.96. The summed E-state index contributed by atoms with van der Waals surface area (Å²) in [5.74, 6) is 0.529. The van der Waals surface area contributed by atoms with Crippen molar-refractivity contribution in [2.24, 2.45) is 13.0 Å². The van der Waals surface area contributed by atoms with E-state index in [2.05, 4.69) is 16.9 Å². The van der Waals surface area contributed by atoms with E-state index in [0.29, 0.717) is 11.5 Å². The molecule has 2 heterocycles. The van der Waals surface area contributed by atoms with E-state index in [0.717, 1.165) is 29.8 Å². The minimum atomic E-state index is -2.49. The number of halogens is 2. The van der Waals surface area contributed by atoms with Crippen molar-refractivity contribution in [3.8, 4) is 11.1 Å². The monoisotopic (exact) mass is 291 g/mol. The lowest BCUT2D eigenvalue weighted by Crippen LogP contribution is -2.30. The number of aromatic nitrogens is 2. The van der Waals surface area contributed by atoms with Gasteiger partial charge in [-0.15, -0.1) is 0 Å². The predicted molar refractivity (Wildman–Crippen MR) is 79.7 cm³/mol. The van der Waals surface area contributed by atoms with Crippen molar-refractivity contribution in [3.63, 3.8) is 0 Å². The van der Waals surface area contributed by atoms with E-state index >= 15 is 0 Å². The van der Waals surface area contributed by atoms with E-state index in [1.807, 2.05) is 13.1 Å². The fourth-order valence-corrected chi connectivity index (χ4v) is 3.16. The Balaban J connectivity index is 2.17. The molecule has 0 fully saturated rings. The van der Waals surface area contributed by atoms with Crippen LogP contribution in [0.15, 0.2) is 24.5 Å². The molecule has 1 aliphatic rings. The summed E-state index contributed by atoms with van der Waals surface area (Å²) in [6.07, 6.45) is 1.86. The Kier molecular flexibility index (Phi) is 3.43. The number of hydrogen-bond donors (Lipinski definition) is 0. The molecule has 1 aliphatic heterocycles. The SMILES string of the molecule is C[C@H]1Cc2cc(-c3cnn(C)c3)c(C(F)F)cc2N(C)C1. The second-order valence-corrected chi connectivity index (χ2v) is 5.96. The van der Waals surface area contributed by atoms with E-state index in [-0.39, 0.29) is 5.56 Å². The highest BCUT2D eigenvalue weighted by atomic mass is 19.3. The van der Waals surface area contributed by atoms with Crippen LogP contribution >= 0.6 is 0 Å². The van der Waals surface area contributed by atoms with Crippen LogP contribution in [-0.4, -0.2) is 23.4 Å². The quantitative estimate of drug-likeness (QED) is 0.842. The molecule has 0 N–H and O–H groups in total. The third-order valence-corrected chi connectivity index (χ3v) is 4.07. The fraction of sp³-hybridized carbons (Fsp3) is 0.438. The molecule has 0 radical (unpaired) electrons. The maximum atomic E-state index is 13.4. The molecule has 5 heteroatoms. The van der Waals surface area contributed by atoms with Gasteiger partial charge in [-0.05, 0) is 35.6 Å². The summed E-state index contributed by atoms with van der Waals surface area (Å²) < 4.78 is 28.5. The van der Waals surface area contributed by atoms with Crippen LogP contribution in [0.2, 0.25) is 0 Å². The normalized spacial score (nSPS) is 18.2. The molecular formula is C16H19F2N3. The Morgan fingerprint density at radius 2 is 2.05 bits per heavy atom. The standard InChI is InChI=1S/C16H19F2N3/c1-10-4-11-5-13(12-7-19-21(3)9-12)14(16(17)18)6-15(11)20(2)8-10/h5-7,9-10,16H,4,8H2,1-3H3/t10-/m0/s1. The number of anilines is 1. The molecule has 3 nitrogen and oxygen atoms in total. The molecule has 2 aromatic rings. The summed E-state index contributed by atoms with van der Waals surface area (Å²) in [7, 11) is 3.76. The van der Waals surface area contributed by atoms with Gasteiger partial charge in [0.25, 0.3) is 6.43 Å². The zero-order valence-electron chi connectivity index (χ0n) is 12.5. The Bertz CT molecular complexity index is 664. The molecule has 0 aliphatic carbocycles. The van der Waals surface area contributed by atoms with Gasteiger partial charge < -0.3 is 4.90 Å². The van der Waals surface area contributed by atoms with Crippen molar-refractivity contribution in [1.29, 1.82) is 0 Å². The van der Waals surface area contributed by atoms with Crippen molar-refractivity contribution in [1.82, 2.24) is 9.78 Å². The maximum absolute atomic E-state index is 13.4. The van der Waals surface area contributed by atoms with E-state index in [1.165, 1.54) is 0 Å². The van der Waals surface area contributed by atoms with Crippen LogP contribution in [0.5, 0.6) is 0 Å². The topological polar surface area (TPSA) is 21.1 Å². The van der Waals surface area contributed by atoms with Crippen LogP contribution in [0.3, 0.4) is 0 Å². The molecule has 0 amide bonds. The smallest absolute Gasteiger partial charge is 0.264 e. The highest BCUT2D eigenvalue weighted by molar-refractivity contribution is 5.73. The molecule has 0 spiro atoms. The Labute approximate surface area is 123 Å². The molecule has 21 heavy (non-hydrogen) atoms. The maximum Gasteiger partial charge on any atom is 0.264 e. The third-order valence-electron chi connectivity index (χ3n) is 4.07. The van der Waals surface area contributed by atoms with Crippen LogP contribution in [0.25, 0.3) is 11.1 Å². The first-order valence-electron chi connectivity index (χ1n) is 7.11. The van der Waals surface area contributed by atoms with Crippen LogP contribution in [0.4, 0.5) is 14.5 Å². The van der Waals surface area contributed by atoms with Crippen molar-refractivity contribution < 1.29 is 8.78 Å². The van der Waals surface area contributed by atoms with E-state index in [9.17, 15) is 8.78 Å². The number of benzene rings is 1. The van der Waals surface area contributed by atoms with Crippen LogP contribution in [0.1, 0.15) is 24.5 Å². The summed E-state index contributed by atoms with van der Waals surface area (Å²) in [4.78, 5) is 2.07. The largest absolute Gasteiger partial charge is 0.374 e. The van der Waals surface area contributed by atoms with Gasteiger partial charge >= 0.3 is 0 Å². The van der Waals surface area contributed by atoms with E-state index < -0.39 is 6.43 Å². The van der Waals surface area contributed by atoms with Gasteiger partial charge in [-0.3, -0.25) is 4.68 Å². The van der Waals surface area contributed by atoms with Crippen LogP contribution in [-0.2, 0) is 13.5 Å². The molecular weight excluding hydrogens is 272 g/mol. The minimum Gasteiger partial charge on any atom is -0.374 e. The Hall–Kier alpha value is -1.91. The summed E-state index contributed by atoms with van der Waals surface area (Å²) in [5.41, 5.74) is 3.49. The molecule has 112 valence electrons. The van der Waals surface area contributed by atoms with Gasteiger partial charge in [-0.1, -0.05) is 6.92 Å². The highest BCUT2D eigenvalue weighted by Gasteiger charge is 2.24. The van der Waals surface area contributed by atoms with Crippen LogP contribution < -0.4 is 4.90 Å². The van der Waals surface area contributed by atoms with Gasteiger partial charge in [0.05, 0.1) is 6.20 Å². The average Bonchev–Trinajstić information content (AvgIpc) is 2.83. The molecule has 1 atom stereocenters. The molecule has 0 bridgehead atoms. The summed E-state index contributed by atoms with van der Waals surface area (Å²) in [6, 6.07) is 3.56. The van der Waals surface area contributed by atoms with E-state index in [1.54, 1.807) is 30.2 Å². The molecule has 0 unspecified atom stereocenters. The number of alkyl halides is 2. The Morgan fingerprint density at radius 3 is 2.67 bits per heavy atom. The Morgan fingerprint density at radius 1 is 1.29 bits per heavy atom.